The lowest BCUT2D eigenvalue weighted by Gasteiger charge is -2.42. The lowest BCUT2D eigenvalue weighted by Crippen LogP contribution is -2.49. The Morgan fingerprint density at radius 1 is 1.22 bits per heavy atom. The van der Waals surface area contributed by atoms with Crippen LogP contribution in [0.2, 0.25) is 0 Å². The number of hydrogen-bond donors (Lipinski definition) is 1. The second-order valence-corrected chi connectivity index (χ2v) is 10.3. The van der Waals surface area contributed by atoms with Gasteiger partial charge in [-0.25, -0.2) is 0 Å². The number of hydrogen-bond acceptors (Lipinski definition) is 5. The Morgan fingerprint density at radius 2 is 2.00 bits per heavy atom. The number of nitrogens with zero attached hydrogens (tertiary/aromatic N) is 3. The van der Waals surface area contributed by atoms with E-state index < -0.39 is 31.8 Å². The normalized spacial score (nSPS) is 26.3. The number of ketones is 1. The summed E-state index contributed by atoms with van der Waals surface area (Å²) in [6.45, 7) is 0.339. The largest absolute Gasteiger partial charge is 0.379 e. The first-order chi connectivity index (χ1) is 20.1. The van der Waals surface area contributed by atoms with Gasteiger partial charge in [0.25, 0.3) is 0 Å². The molecule has 2 saturated heterocycles. The number of benzene rings is 2. The Hall–Kier alpha value is -3.14. The van der Waals surface area contributed by atoms with Crippen LogP contribution in [0.5, 0.6) is 0 Å². The summed E-state index contributed by atoms with van der Waals surface area (Å²) in [5, 5.41) is 10.1. The van der Waals surface area contributed by atoms with Crippen LogP contribution in [-0.2, 0) is 16.5 Å². The maximum atomic E-state index is 14.1. The maximum absolute atomic E-state index is 14.1. The van der Waals surface area contributed by atoms with Crippen LogP contribution in [0, 0.1) is 11.3 Å². The first-order valence-electron chi connectivity index (χ1n) is 16.1. The van der Waals surface area contributed by atoms with Crippen LogP contribution in [0.3, 0.4) is 0 Å². The second kappa shape index (κ2) is 8.76. The van der Waals surface area contributed by atoms with Crippen molar-refractivity contribution in [2.24, 2.45) is 0 Å². The molecule has 1 aromatic heterocycles. The summed E-state index contributed by atoms with van der Waals surface area (Å²) in [6, 6.07) is 10.8. The second-order valence-electron chi connectivity index (χ2n) is 10.3. The number of aryl methyl sites for hydroxylation is 1. The highest BCUT2D eigenvalue weighted by Gasteiger charge is 2.40. The standard InChI is InChI=1S/C30H34N4O2/c1-4-20-16-23-24(17-26(20)34-9-7-21(8-10-34)33-11-13-36-14-12-33)30(2,3)29-27(28(23)35)22-6-5-19(18-31)15-25(22)32-29/h5-6,15-17,21,32H,4,7-14H2,1-3H3/i1D,4D2,13D2,14D2. The number of nitrogens with one attached hydrogen (secondary N) is 1. The molecule has 3 heterocycles. The number of H-pyrrole nitrogens is 1. The predicted molar refractivity (Wildman–Crippen MR) is 142 cm³/mol. The Bertz CT molecular complexity index is 1650. The van der Waals surface area contributed by atoms with Crippen LogP contribution in [0.25, 0.3) is 10.9 Å². The third-order valence-corrected chi connectivity index (χ3v) is 8.03. The van der Waals surface area contributed by atoms with Crippen LogP contribution in [0.4, 0.5) is 5.69 Å². The number of aromatic amines is 1. The topological polar surface area (TPSA) is 72.4 Å². The molecule has 2 aliphatic heterocycles. The average molecular weight is 490 g/mol. The number of carbonyl (C=O) groups excluding carboxylic acids is 1. The number of rotatable bonds is 3. The van der Waals surface area contributed by atoms with Crippen LogP contribution in [-0.4, -0.2) is 61.0 Å². The third kappa shape index (κ3) is 3.56. The molecule has 6 rings (SSSR count). The van der Waals surface area contributed by atoms with E-state index in [9.17, 15) is 10.1 Å². The first kappa shape index (κ1) is 16.6. The number of ether oxygens (including phenoxy) is 1. The Morgan fingerprint density at radius 3 is 2.72 bits per heavy atom. The van der Waals surface area contributed by atoms with Crippen molar-refractivity contribution >= 4 is 22.4 Å². The molecular formula is C30H34N4O2. The molecule has 6 heteroatoms. The molecule has 3 aromatic rings. The molecule has 1 N–H and O–H groups in total. The molecule has 0 amide bonds. The lowest BCUT2D eigenvalue weighted by atomic mass is 9.70. The van der Waals surface area contributed by atoms with Crippen LogP contribution in [0.1, 0.15) is 81.5 Å². The zero-order valence-electron chi connectivity index (χ0n) is 27.6. The third-order valence-electron chi connectivity index (χ3n) is 8.03. The molecule has 36 heavy (non-hydrogen) atoms. The average Bonchev–Trinajstić information content (AvgIpc) is 3.34. The molecule has 6 nitrogen and oxygen atoms in total. The van der Waals surface area contributed by atoms with Crippen molar-refractivity contribution in [3.8, 4) is 6.07 Å². The molecule has 0 bridgehead atoms. The summed E-state index contributed by atoms with van der Waals surface area (Å²) >= 11 is 0. The molecule has 0 radical (unpaired) electrons. The molecule has 0 saturated carbocycles. The number of aromatic nitrogens is 1. The fraction of sp³-hybridized carbons (Fsp3) is 0.467. The van der Waals surface area contributed by atoms with E-state index >= 15 is 0 Å². The van der Waals surface area contributed by atoms with Gasteiger partial charge in [-0.3, -0.25) is 9.69 Å². The summed E-state index contributed by atoms with van der Waals surface area (Å²) in [5.74, 6) is -0.219. The van der Waals surface area contributed by atoms with E-state index in [0.717, 1.165) is 11.3 Å². The molecular weight excluding hydrogens is 448 g/mol. The van der Waals surface area contributed by atoms with Crippen molar-refractivity contribution in [2.75, 3.05) is 44.2 Å². The predicted octanol–water partition coefficient (Wildman–Crippen LogP) is 4.77. The Kier molecular flexibility index (Phi) is 4.03. The zero-order chi connectivity index (χ0) is 31.1. The molecule has 1 aliphatic carbocycles. The first-order valence-corrected chi connectivity index (χ1v) is 12.4. The van der Waals surface area contributed by atoms with Crippen LogP contribution in [0.15, 0.2) is 30.3 Å². The SMILES string of the molecule is [2H]CC([2H])([2H])c1cc2c(cc1N1CCC(N3CC([2H])([2H])OC([2H])([2H])C3)CC1)C(C)(C)c1[nH]c3cc(C#N)ccc3c1C2=O. The summed E-state index contributed by atoms with van der Waals surface area (Å²) in [5.41, 5.74) is 3.88. The highest BCUT2D eigenvalue weighted by Crippen LogP contribution is 2.46. The lowest BCUT2D eigenvalue weighted by molar-refractivity contribution is 0.0115. The van der Waals surface area contributed by atoms with Gasteiger partial charge in [-0.2, -0.15) is 5.26 Å². The van der Waals surface area contributed by atoms with Crippen molar-refractivity contribution < 1.29 is 19.1 Å². The van der Waals surface area contributed by atoms with E-state index in [1.54, 1.807) is 24.3 Å². The molecule has 186 valence electrons. The summed E-state index contributed by atoms with van der Waals surface area (Å²) in [4.78, 5) is 21.3. The molecule has 0 atom stereocenters. The van der Waals surface area contributed by atoms with E-state index in [1.165, 1.54) is 0 Å². The summed E-state index contributed by atoms with van der Waals surface area (Å²) in [7, 11) is 0. The van der Waals surface area contributed by atoms with Crippen molar-refractivity contribution in [3.05, 3.63) is 63.8 Å². The van der Waals surface area contributed by atoms with Gasteiger partial charge in [0.1, 0.15) is 0 Å². The smallest absolute Gasteiger partial charge is 0.195 e. The zero-order valence-corrected chi connectivity index (χ0v) is 20.6. The molecule has 2 aromatic carbocycles. The minimum atomic E-state index is -2.09. The summed E-state index contributed by atoms with van der Waals surface area (Å²) < 4.78 is 62.5. The molecule has 0 unspecified atom stereocenters. The highest BCUT2D eigenvalue weighted by atomic mass is 16.5. The molecule has 2 fully saturated rings. The Balaban J connectivity index is 1.38. The minimum absolute atomic E-state index is 0.0261. The van der Waals surface area contributed by atoms with E-state index in [-0.39, 0.29) is 30.5 Å². The van der Waals surface area contributed by atoms with Gasteiger partial charge in [-0.15, -0.1) is 0 Å². The number of piperidine rings is 1. The van der Waals surface area contributed by atoms with E-state index in [0.29, 0.717) is 59.2 Å². The number of nitriles is 1. The van der Waals surface area contributed by atoms with Gasteiger partial charge < -0.3 is 14.6 Å². The number of morpholine rings is 1. The maximum Gasteiger partial charge on any atom is 0.195 e. The van der Waals surface area contributed by atoms with Gasteiger partial charge in [-0.1, -0.05) is 26.8 Å². The number of anilines is 1. The van der Waals surface area contributed by atoms with Gasteiger partial charge in [0, 0.05) is 69.6 Å². The molecule has 3 aliphatic rings. The fourth-order valence-electron chi connectivity index (χ4n) is 6.00. The van der Waals surface area contributed by atoms with E-state index in [1.807, 2.05) is 24.8 Å². The van der Waals surface area contributed by atoms with Gasteiger partial charge in [0.05, 0.1) is 35.8 Å². The van der Waals surface area contributed by atoms with E-state index in [4.69, 9.17) is 14.3 Å². The van der Waals surface area contributed by atoms with Gasteiger partial charge >= 0.3 is 0 Å². The number of fused-ring (bicyclic) bond motifs is 4. The van der Waals surface area contributed by atoms with Crippen molar-refractivity contribution in [1.29, 1.82) is 5.26 Å². The Labute approximate surface area is 222 Å². The van der Waals surface area contributed by atoms with Gasteiger partial charge in [-0.05, 0) is 54.6 Å². The van der Waals surface area contributed by atoms with Gasteiger partial charge in [0.15, 0.2) is 5.78 Å². The van der Waals surface area contributed by atoms with Crippen molar-refractivity contribution in [1.82, 2.24) is 9.88 Å². The number of carbonyl (C=O) groups is 1. The quantitative estimate of drug-likeness (QED) is 0.574. The van der Waals surface area contributed by atoms with Crippen LogP contribution < -0.4 is 4.90 Å². The molecule has 0 spiro atoms. The van der Waals surface area contributed by atoms with Gasteiger partial charge in [0.2, 0.25) is 0 Å². The highest BCUT2D eigenvalue weighted by molar-refractivity contribution is 6.20. The fourth-order valence-corrected chi connectivity index (χ4v) is 6.00. The van der Waals surface area contributed by atoms with Crippen molar-refractivity contribution in [3.63, 3.8) is 0 Å². The van der Waals surface area contributed by atoms with Crippen molar-refractivity contribution in [2.45, 2.75) is 51.4 Å². The summed E-state index contributed by atoms with van der Waals surface area (Å²) in [6.07, 6.45) is -0.783. The monoisotopic (exact) mass is 489 g/mol. The minimum Gasteiger partial charge on any atom is -0.379 e. The van der Waals surface area contributed by atoms with E-state index in [2.05, 4.69) is 16.0 Å². The van der Waals surface area contributed by atoms with Crippen LogP contribution >= 0.6 is 0 Å².